The molecule has 0 aromatic rings. The number of aliphatic hydroxyl groups excluding tert-OH is 1. The highest BCUT2D eigenvalue weighted by atomic mass is 16.7. The van der Waals surface area contributed by atoms with Gasteiger partial charge in [-0.15, -0.1) is 0 Å². The molecule has 0 unspecified atom stereocenters. The van der Waals surface area contributed by atoms with Crippen molar-refractivity contribution in [1.29, 1.82) is 0 Å². The topological polar surface area (TPSA) is 55.8 Å². The van der Waals surface area contributed by atoms with Crippen molar-refractivity contribution >= 4 is 5.78 Å². The molecule has 2 aliphatic carbocycles. The number of ether oxygens (including phenoxy) is 2. The summed E-state index contributed by atoms with van der Waals surface area (Å²) in [4.78, 5) is 12.0. The molecular formula is C15H26O4. The molecule has 2 aliphatic rings. The molecule has 0 aromatic carbocycles. The van der Waals surface area contributed by atoms with E-state index >= 15 is 0 Å². The third kappa shape index (κ3) is 2.86. The van der Waals surface area contributed by atoms with Crippen LogP contribution >= 0.6 is 0 Å². The molecule has 2 saturated carbocycles. The zero-order valence-corrected chi connectivity index (χ0v) is 12.1. The zero-order valence-electron chi connectivity index (χ0n) is 12.1. The highest BCUT2D eigenvalue weighted by Gasteiger charge is 2.52. The van der Waals surface area contributed by atoms with Crippen LogP contribution in [0.5, 0.6) is 0 Å². The number of carbonyl (C=O) groups is 1. The van der Waals surface area contributed by atoms with Gasteiger partial charge in [-0.3, -0.25) is 4.79 Å². The standard InChI is InChI=1S/C15H26O4/c1-11-9-15(6-7-16)12(8-13(11)17)4-3-5-14(15)19-10-18-2/h11-12,14,16H,3-10H2,1-2H3/t11-,12+,14-,15-/m0/s1. The summed E-state index contributed by atoms with van der Waals surface area (Å²) in [7, 11) is 1.63. The van der Waals surface area contributed by atoms with Gasteiger partial charge in [0.2, 0.25) is 0 Å². The van der Waals surface area contributed by atoms with Gasteiger partial charge in [-0.25, -0.2) is 0 Å². The number of rotatable bonds is 5. The molecule has 0 radical (unpaired) electrons. The fraction of sp³-hybridized carbons (Fsp3) is 0.933. The largest absolute Gasteiger partial charge is 0.396 e. The summed E-state index contributed by atoms with van der Waals surface area (Å²) in [6, 6.07) is 0. The van der Waals surface area contributed by atoms with E-state index in [1.54, 1.807) is 7.11 Å². The fourth-order valence-corrected chi connectivity index (χ4v) is 4.19. The lowest BCUT2D eigenvalue weighted by atomic mass is 9.54. The van der Waals surface area contributed by atoms with Crippen LogP contribution in [0.4, 0.5) is 0 Å². The molecule has 0 aromatic heterocycles. The van der Waals surface area contributed by atoms with Gasteiger partial charge in [0, 0.05) is 31.5 Å². The molecule has 1 N–H and O–H groups in total. The average molecular weight is 270 g/mol. The van der Waals surface area contributed by atoms with Crippen molar-refractivity contribution in [2.24, 2.45) is 17.3 Å². The minimum atomic E-state index is -0.0289. The Kier molecular flexibility index (Phi) is 4.98. The van der Waals surface area contributed by atoms with Crippen molar-refractivity contribution in [2.45, 2.75) is 51.6 Å². The van der Waals surface area contributed by atoms with Gasteiger partial charge in [0.15, 0.2) is 0 Å². The molecule has 0 aliphatic heterocycles. The van der Waals surface area contributed by atoms with Gasteiger partial charge in [-0.1, -0.05) is 13.3 Å². The van der Waals surface area contributed by atoms with Crippen molar-refractivity contribution < 1.29 is 19.4 Å². The lowest BCUT2D eigenvalue weighted by molar-refractivity contribution is -0.176. The molecule has 4 atom stereocenters. The summed E-state index contributed by atoms with van der Waals surface area (Å²) in [6.07, 6.45) is 5.58. The SMILES string of the molecule is COCO[C@H]1CCC[C@@H]2CC(=O)[C@@H](C)C[C@@]21CCO. The second-order valence-corrected chi connectivity index (χ2v) is 6.17. The summed E-state index contributed by atoms with van der Waals surface area (Å²) in [5.41, 5.74) is -0.0289. The Morgan fingerprint density at radius 1 is 1.42 bits per heavy atom. The molecule has 0 saturated heterocycles. The average Bonchev–Trinajstić information content (AvgIpc) is 2.39. The van der Waals surface area contributed by atoms with E-state index < -0.39 is 0 Å². The quantitative estimate of drug-likeness (QED) is 0.778. The molecule has 110 valence electrons. The van der Waals surface area contributed by atoms with E-state index in [2.05, 4.69) is 0 Å². The van der Waals surface area contributed by atoms with Gasteiger partial charge >= 0.3 is 0 Å². The summed E-state index contributed by atoms with van der Waals surface area (Å²) >= 11 is 0. The number of hydrogen-bond donors (Lipinski definition) is 1. The Labute approximate surface area is 115 Å². The number of fused-ring (bicyclic) bond motifs is 1. The van der Waals surface area contributed by atoms with Crippen molar-refractivity contribution in [3.63, 3.8) is 0 Å². The van der Waals surface area contributed by atoms with Crippen LogP contribution < -0.4 is 0 Å². The van der Waals surface area contributed by atoms with Gasteiger partial charge in [-0.2, -0.15) is 0 Å². The second-order valence-electron chi connectivity index (χ2n) is 6.17. The van der Waals surface area contributed by atoms with Crippen LogP contribution in [-0.4, -0.2) is 37.5 Å². The Morgan fingerprint density at radius 3 is 2.89 bits per heavy atom. The summed E-state index contributed by atoms with van der Waals surface area (Å²) in [5, 5.41) is 9.48. The van der Waals surface area contributed by atoms with E-state index in [4.69, 9.17) is 9.47 Å². The third-order valence-corrected chi connectivity index (χ3v) is 5.12. The third-order valence-electron chi connectivity index (χ3n) is 5.12. The lowest BCUT2D eigenvalue weighted by Gasteiger charge is -2.53. The van der Waals surface area contributed by atoms with Crippen molar-refractivity contribution in [2.75, 3.05) is 20.5 Å². The predicted molar refractivity (Wildman–Crippen MR) is 71.6 cm³/mol. The molecule has 0 spiro atoms. The van der Waals surface area contributed by atoms with Crippen LogP contribution in [0.1, 0.15) is 45.4 Å². The molecule has 4 nitrogen and oxygen atoms in total. The number of hydrogen-bond acceptors (Lipinski definition) is 4. The molecular weight excluding hydrogens is 244 g/mol. The number of methoxy groups -OCH3 is 1. The first-order valence-electron chi connectivity index (χ1n) is 7.38. The highest BCUT2D eigenvalue weighted by Crippen LogP contribution is 2.54. The van der Waals surface area contributed by atoms with Gasteiger partial charge in [0.1, 0.15) is 12.6 Å². The van der Waals surface area contributed by atoms with E-state index in [0.717, 1.165) is 32.1 Å². The Hall–Kier alpha value is -0.450. The number of Topliss-reactive ketones (excluding diaryl/α,β-unsaturated/α-hetero) is 1. The second kappa shape index (κ2) is 6.33. The Morgan fingerprint density at radius 2 is 2.21 bits per heavy atom. The summed E-state index contributed by atoms with van der Waals surface area (Å²) in [5.74, 6) is 0.847. The van der Waals surface area contributed by atoms with Crippen LogP contribution in [-0.2, 0) is 14.3 Å². The Bertz CT molecular complexity index is 317. The van der Waals surface area contributed by atoms with E-state index in [0.29, 0.717) is 24.9 Å². The molecule has 0 heterocycles. The van der Waals surface area contributed by atoms with Crippen molar-refractivity contribution in [3.8, 4) is 0 Å². The molecule has 0 amide bonds. The molecule has 2 rings (SSSR count). The van der Waals surface area contributed by atoms with Crippen LogP contribution in [0, 0.1) is 17.3 Å². The van der Waals surface area contributed by atoms with E-state index in [9.17, 15) is 9.90 Å². The number of aliphatic hydroxyl groups is 1. The van der Waals surface area contributed by atoms with Crippen LogP contribution in [0.2, 0.25) is 0 Å². The predicted octanol–water partition coefficient (Wildman–Crippen LogP) is 2.14. The molecule has 0 bridgehead atoms. The smallest absolute Gasteiger partial charge is 0.146 e. The van der Waals surface area contributed by atoms with E-state index in [1.165, 1.54) is 0 Å². The lowest BCUT2D eigenvalue weighted by Crippen LogP contribution is -2.52. The maximum Gasteiger partial charge on any atom is 0.146 e. The normalized spacial score (nSPS) is 39.1. The zero-order chi connectivity index (χ0) is 13.9. The summed E-state index contributed by atoms with van der Waals surface area (Å²) in [6.45, 7) is 2.48. The minimum absolute atomic E-state index is 0.0289. The minimum Gasteiger partial charge on any atom is -0.396 e. The molecule has 4 heteroatoms. The summed E-state index contributed by atoms with van der Waals surface area (Å²) < 4.78 is 10.9. The maximum absolute atomic E-state index is 12.0. The van der Waals surface area contributed by atoms with Crippen molar-refractivity contribution in [1.82, 2.24) is 0 Å². The maximum atomic E-state index is 12.0. The first-order valence-corrected chi connectivity index (χ1v) is 7.38. The van der Waals surface area contributed by atoms with E-state index in [1.807, 2.05) is 6.92 Å². The highest BCUT2D eigenvalue weighted by molar-refractivity contribution is 5.82. The first-order chi connectivity index (χ1) is 9.14. The monoisotopic (exact) mass is 270 g/mol. The van der Waals surface area contributed by atoms with E-state index in [-0.39, 0.29) is 24.0 Å². The van der Waals surface area contributed by atoms with Gasteiger partial charge < -0.3 is 14.6 Å². The molecule has 19 heavy (non-hydrogen) atoms. The number of carbonyl (C=O) groups excluding carboxylic acids is 1. The van der Waals surface area contributed by atoms with Crippen LogP contribution in [0.3, 0.4) is 0 Å². The Balaban J connectivity index is 2.21. The van der Waals surface area contributed by atoms with Crippen LogP contribution in [0.15, 0.2) is 0 Å². The van der Waals surface area contributed by atoms with Gasteiger partial charge in [-0.05, 0) is 31.6 Å². The van der Waals surface area contributed by atoms with Crippen molar-refractivity contribution in [3.05, 3.63) is 0 Å². The van der Waals surface area contributed by atoms with Crippen LogP contribution in [0.25, 0.3) is 0 Å². The number of ketones is 1. The van der Waals surface area contributed by atoms with Gasteiger partial charge in [0.25, 0.3) is 0 Å². The fourth-order valence-electron chi connectivity index (χ4n) is 4.19. The van der Waals surface area contributed by atoms with Gasteiger partial charge in [0.05, 0.1) is 6.10 Å². The molecule has 2 fully saturated rings. The first kappa shape index (κ1) is 14.9.